The summed E-state index contributed by atoms with van der Waals surface area (Å²) in [5.41, 5.74) is -0.351. The van der Waals surface area contributed by atoms with Gasteiger partial charge >= 0.3 is 0 Å². The van der Waals surface area contributed by atoms with Crippen molar-refractivity contribution in [3.05, 3.63) is 22.7 Å². The van der Waals surface area contributed by atoms with Gasteiger partial charge in [-0.25, -0.2) is 0 Å². The SMILES string of the molecule is COc1cc(Cl)cc(C(C)(C)O)c1OC1CCC1. The first-order valence-corrected chi connectivity index (χ1v) is 6.56. The van der Waals surface area contributed by atoms with E-state index in [-0.39, 0.29) is 6.10 Å². The van der Waals surface area contributed by atoms with Crippen LogP contribution in [-0.2, 0) is 5.60 Å². The number of halogens is 1. The summed E-state index contributed by atoms with van der Waals surface area (Å²) in [6.07, 6.45) is 3.52. The lowest BCUT2D eigenvalue weighted by Crippen LogP contribution is -2.27. The molecular formula is C14H19ClO3. The van der Waals surface area contributed by atoms with Gasteiger partial charge in [0.05, 0.1) is 18.8 Å². The summed E-state index contributed by atoms with van der Waals surface area (Å²) < 4.78 is 11.3. The van der Waals surface area contributed by atoms with Gasteiger partial charge in [0.2, 0.25) is 0 Å². The first-order valence-electron chi connectivity index (χ1n) is 6.19. The topological polar surface area (TPSA) is 38.7 Å². The molecular weight excluding hydrogens is 252 g/mol. The van der Waals surface area contributed by atoms with Crippen molar-refractivity contribution in [2.24, 2.45) is 0 Å². The van der Waals surface area contributed by atoms with Crippen LogP contribution in [0.5, 0.6) is 11.5 Å². The summed E-state index contributed by atoms with van der Waals surface area (Å²) in [4.78, 5) is 0. The molecule has 2 rings (SSSR count). The highest BCUT2D eigenvalue weighted by Gasteiger charge is 2.28. The third-order valence-corrected chi connectivity index (χ3v) is 3.45. The standard InChI is InChI=1S/C14H19ClO3/c1-14(2,16)11-7-9(15)8-12(17-3)13(11)18-10-5-4-6-10/h7-8,10,16H,4-6H2,1-3H3. The molecule has 0 aromatic heterocycles. The van der Waals surface area contributed by atoms with Crippen LogP contribution in [-0.4, -0.2) is 18.3 Å². The molecule has 0 bridgehead atoms. The number of ether oxygens (including phenoxy) is 2. The van der Waals surface area contributed by atoms with E-state index in [2.05, 4.69) is 0 Å². The third kappa shape index (κ3) is 2.73. The molecule has 0 amide bonds. The van der Waals surface area contributed by atoms with Gasteiger partial charge in [0, 0.05) is 16.7 Å². The van der Waals surface area contributed by atoms with Crippen LogP contribution >= 0.6 is 11.6 Å². The molecule has 1 aromatic carbocycles. The molecule has 0 spiro atoms. The minimum absolute atomic E-state index is 0.223. The van der Waals surface area contributed by atoms with E-state index >= 15 is 0 Å². The quantitative estimate of drug-likeness (QED) is 0.910. The predicted octanol–water partition coefficient (Wildman–Crippen LogP) is 3.51. The normalized spacial score (nSPS) is 16.3. The van der Waals surface area contributed by atoms with Gasteiger partial charge in [0.25, 0.3) is 0 Å². The molecule has 0 aliphatic heterocycles. The van der Waals surface area contributed by atoms with Gasteiger partial charge < -0.3 is 14.6 Å². The van der Waals surface area contributed by atoms with E-state index in [1.807, 2.05) is 0 Å². The Morgan fingerprint density at radius 1 is 1.33 bits per heavy atom. The van der Waals surface area contributed by atoms with Gasteiger partial charge in [-0.3, -0.25) is 0 Å². The number of benzene rings is 1. The maximum Gasteiger partial charge on any atom is 0.167 e. The second-order valence-electron chi connectivity index (χ2n) is 5.21. The molecule has 1 aliphatic carbocycles. The van der Waals surface area contributed by atoms with Crippen molar-refractivity contribution in [1.29, 1.82) is 0 Å². The second-order valence-corrected chi connectivity index (χ2v) is 5.65. The average Bonchev–Trinajstić information content (AvgIpc) is 2.22. The predicted molar refractivity (Wildman–Crippen MR) is 71.5 cm³/mol. The van der Waals surface area contributed by atoms with E-state index in [0.29, 0.717) is 22.1 Å². The summed E-state index contributed by atoms with van der Waals surface area (Å²) in [6, 6.07) is 3.45. The number of methoxy groups -OCH3 is 1. The number of hydrogen-bond acceptors (Lipinski definition) is 3. The first-order chi connectivity index (χ1) is 8.41. The van der Waals surface area contributed by atoms with Crippen LogP contribution < -0.4 is 9.47 Å². The van der Waals surface area contributed by atoms with Crippen molar-refractivity contribution in [1.82, 2.24) is 0 Å². The summed E-state index contributed by atoms with van der Waals surface area (Å²) >= 11 is 6.04. The molecule has 0 heterocycles. The first kappa shape index (κ1) is 13.5. The van der Waals surface area contributed by atoms with E-state index in [9.17, 15) is 5.11 Å². The second kappa shape index (κ2) is 4.98. The minimum atomic E-state index is -1.02. The smallest absolute Gasteiger partial charge is 0.167 e. The minimum Gasteiger partial charge on any atom is -0.493 e. The van der Waals surface area contributed by atoms with Crippen molar-refractivity contribution >= 4 is 11.6 Å². The maximum absolute atomic E-state index is 10.2. The fraction of sp³-hybridized carbons (Fsp3) is 0.571. The summed E-state index contributed by atoms with van der Waals surface area (Å²) in [6.45, 7) is 3.43. The molecule has 0 unspecified atom stereocenters. The van der Waals surface area contributed by atoms with Crippen molar-refractivity contribution in [3.8, 4) is 11.5 Å². The average molecular weight is 271 g/mol. The molecule has 18 heavy (non-hydrogen) atoms. The van der Waals surface area contributed by atoms with Gasteiger partial charge in [-0.1, -0.05) is 11.6 Å². The summed E-state index contributed by atoms with van der Waals surface area (Å²) in [5.74, 6) is 1.19. The fourth-order valence-electron chi connectivity index (χ4n) is 1.95. The largest absolute Gasteiger partial charge is 0.493 e. The molecule has 1 saturated carbocycles. The number of hydrogen-bond donors (Lipinski definition) is 1. The van der Waals surface area contributed by atoms with E-state index in [1.165, 1.54) is 6.42 Å². The fourth-order valence-corrected chi connectivity index (χ4v) is 2.16. The molecule has 0 saturated heterocycles. The number of aliphatic hydroxyl groups is 1. The zero-order valence-corrected chi connectivity index (χ0v) is 11.8. The Bertz CT molecular complexity index is 433. The molecule has 0 radical (unpaired) electrons. The van der Waals surface area contributed by atoms with Crippen molar-refractivity contribution in [3.63, 3.8) is 0 Å². The Hall–Kier alpha value is -0.930. The molecule has 0 atom stereocenters. The molecule has 1 fully saturated rings. The summed E-state index contributed by atoms with van der Waals surface area (Å²) in [7, 11) is 1.58. The monoisotopic (exact) mass is 270 g/mol. The molecule has 1 N–H and O–H groups in total. The van der Waals surface area contributed by atoms with Gasteiger partial charge in [-0.2, -0.15) is 0 Å². The van der Waals surface area contributed by atoms with Crippen molar-refractivity contribution in [2.45, 2.75) is 44.8 Å². The van der Waals surface area contributed by atoms with Crippen LogP contribution in [0.15, 0.2) is 12.1 Å². The third-order valence-electron chi connectivity index (χ3n) is 3.24. The zero-order chi connectivity index (χ0) is 13.3. The Kier molecular flexibility index (Phi) is 3.74. The van der Waals surface area contributed by atoms with Crippen LogP contribution in [0, 0.1) is 0 Å². The number of rotatable bonds is 4. The van der Waals surface area contributed by atoms with Gasteiger partial charge in [0.15, 0.2) is 11.5 Å². The zero-order valence-electron chi connectivity index (χ0n) is 11.0. The Morgan fingerprint density at radius 2 is 2.00 bits per heavy atom. The van der Waals surface area contributed by atoms with Crippen LogP contribution in [0.3, 0.4) is 0 Å². The van der Waals surface area contributed by atoms with Crippen LogP contribution in [0.2, 0.25) is 5.02 Å². The Labute approximate surface area is 113 Å². The van der Waals surface area contributed by atoms with E-state index in [0.717, 1.165) is 12.8 Å². The van der Waals surface area contributed by atoms with Crippen LogP contribution in [0.25, 0.3) is 0 Å². The van der Waals surface area contributed by atoms with Crippen molar-refractivity contribution in [2.75, 3.05) is 7.11 Å². The van der Waals surface area contributed by atoms with Crippen LogP contribution in [0.4, 0.5) is 0 Å². The van der Waals surface area contributed by atoms with E-state index < -0.39 is 5.60 Å². The van der Waals surface area contributed by atoms with Crippen LogP contribution in [0.1, 0.15) is 38.7 Å². The highest BCUT2D eigenvalue weighted by Crippen LogP contribution is 2.42. The molecule has 4 heteroatoms. The van der Waals surface area contributed by atoms with Gasteiger partial charge in [0.1, 0.15) is 0 Å². The van der Waals surface area contributed by atoms with E-state index in [1.54, 1.807) is 33.1 Å². The van der Waals surface area contributed by atoms with Crippen molar-refractivity contribution < 1.29 is 14.6 Å². The molecule has 1 aromatic rings. The lowest BCUT2D eigenvalue weighted by Gasteiger charge is -2.31. The lowest BCUT2D eigenvalue weighted by atomic mass is 9.94. The Balaban J connectivity index is 2.43. The Morgan fingerprint density at radius 3 is 2.44 bits per heavy atom. The highest BCUT2D eigenvalue weighted by atomic mass is 35.5. The molecule has 1 aliphatic rings. The van der Waals surface area contributed by atoms with E-state index in [4.69, 9.17) is 21.1 Å². The lowest BCUT2D eigenvalue weighted by molar-refractivity contribution is 0.0639. The maximum atomic E-state index is 10.2. The molecule has 100 valence electrons. The van der Waals surface area contributed by atoms with Gasteiger partial charge in [-0.05, 0) is 39.2 Å². The summed E-state index contributed by atoms with van der Waals surface area (Å²) in [5, 5.41) is 10.8. The van der Waals surface area contributed by atoms with Gasteiger partial charge in [-0.15, -0.1) is 0 Å². The highest BCUT2D eigenvalue weighted by molar-refractivity contribution is 6.30. The molecule has 3 nitrogen and oxygen atoms in total.